The second kappa shape index (κ2) is 9.86. The first-order valence-electron chi connectivity index (χ1n) is 13.9. The minimum absolute atomic E-state index is 0.00577. The molecule has 1 saturated heterocycles. The number of nitrogens with one attached hydrogen (secondary N) is 1. The molecule has 13 nitrogen and oxygen atoms in total. The molecule has 4 aromatic heterocycles. The number of nitrogens with zero attached hydrogens (tertiary/aromatic N) is 8. The third kappa shape index (κ3) is 4.80. The van der Waals surface area contributed by atoms with E-state index in [0.29, 0.717) is 52.5 Å². The van der Waals surface area contributed by atoms with Gasteiger partial charge in [0.05, 0.1) is 11.4 Å². The summed E-state index contributed by atoms with van der Waals surface area (Å²) in [7, 11) is 1.49. The Bertz CT molecular complexity index is 1770. The molecular weight excluding hydrogens is 538 g/mol. The molecule has 0 spiro atoms. The molecule has 2 saturated carbocycles. The predicted octanol–water partition coefficient (Wildman–Crippen LogP) is 3.13. The number of pyridine rings is 1. The molecular formula is C29H29N9O4. The van der Waals surface area contributed by atoms with Crippen LogP contribution in [-0.2, 0) is 16.2 Å². The average molecular weight is 568 g/mol. The van der Waals surface area contributed by atoms with Gasteiger partial charge in [-0.05, 0) is 56.7 Å². The Morgan fingerprint density at radius 1 is 1.12 bits per heavy atom. The van der Waals surface area contributed by atoms with E-state index >= 15 is 0 Å². The van der Waals surface area contributed by atoms with Crippen LogP contribution in [0.5, 0.6) is 5.75 Å². The molecule has 3 fully saturated rings. The number of likely N-dealkylation sites (N-methyl/N-ethyl adjacent to an activating group) is 1. The molecule has 0 radical (unpaired) electrons. The standard InChI is InChI=1S/C29H29N9O4/c1-15-6-7-30-26(31-15)20-9-21(20)28(40)33-24-10-23(16(2)34-35-24)42-14-19-12-37-11-18(17-4-5-17)8-22(27(37)32-19)38-13-25(39)36(3)29(38)41/h6-8,10-12,17,20-21H,4-5,9,13-14H2,1-3H3,(H,33,35,40)/t20-,21-/m0/s1. The number of rotatable bonds is 8. The monoisotopic (exact) mass is 567 g/mol. The zero-order chi connectivity index (χ0) is 29.1. The van der Waals surface area contributed by atoms with Gasteiger partial charge in [0.1, 0.15) is 30.4 Å². The highest BCUT2D eigenvalue weighted by atomic mass is 16.5. The van der Waals surface area contributed by atoms with Crippen LogP contribution in [0.4, 0.5) is 16.3 Å². The zero-order valence-electron chi connectivity index (χ0n) is 23.4. The molecule has 4 amide bonds. The van der Waals surface area contributed by atoms with Crippen LogP contribution < -0.4 is 15.0 Å². The van der Waals surface area contributed by atoms with Crippen LogP contribution in [0.15, 0.2) is 36.8 Å². The van der Waals surface area contributed by atoms with Crippen molar-refractivity contribution in [3.8, 4) is 5.75 Å². The first-order valence-corrected chi connectivity index (χ1v) is 13.9. The predicted molar refractivity (Wildman–Crippen MR) is 150 cm³/mol. The van der Waals surface area contributed by atoms with Crippen molar-refractivity contribution in [2.24, 2.45) is 5.92 Å². The minimum Gasteiger partial charge on any atom is -0.485 e. The third-order valence-corrected chi connectivity index (χ3v) is 7.96. The van der Waals surface area contributed by atoms with Crippen molar-refractivity contribution in [2.45, 2.75) is 51.6 Å². The molecule has 5 heterocycles. The number of urea groups is 1. The van der Waals surface area contributed by atoms with E-state index in [1.54, 1.807) is 19.2 Å². The van der Waals surface area contributed by atoms with Crippen molar-refractivity contribution in [1.29, 1.82) is 0 Å². The van der Waals surface area contributed by atoms with Gasteiger partial charge in [-0.3, -0.25) is 19.4 Å². The Balaban J connectivity index is 1.07. The number of imide groups is 1. The molecule has 0 unspecified atom stereocenters. The van der Waals surface area contributed by atoms with Gasteiger partial charge in [0.2, 0.25) is 11.8 Å². The molecule has 4 aromatic rings. The number of fused-ring (bicyclic) bond motifs is 1. The van der Waals surface area contributed by atoms with Gasteiger partial charge in [0.25, 0.3) is 0 Å². The number of carbonyl (C=O) groups excluding carboxylic acids is 3. The zero-order valence-corrected chi connectivity index (χ0v) is 23.4. The molecule has 2 atom stereocenters. The fraction of sp³-hybridized carbons (Fsp3) is 0.379. The van der Waals surface area contributed by atoms with E-state index in [4.69, 9.17) is 9.72 Å². The Kier molecular flexibility index (Phi) is 6.10. The highest BCUT2D eigenvalue weighted by Crippen LogP contribution is 2.46. The van der Waals surface area contributed by atoms with Crippen molar-refractivity contribution in [3.63, 3.8) is 0 Å². The van der Waals surface area contributed by atoms with Crippen molar-refractivity contribution in [3.05, 3.63) is 65.3 Å². The lowest BCUT2D eigenvalue weighted by Crippen LogP contribution is -2.30. The molecule has 0 aromatic carbocycles. The second-order valence-electron chi connectivity index (χ2n) is 11.2. The fourth-order valence-electron chi connectivity index (χ4n) is 5.28. The molecule has 42 heavy (non-hydrogen) atoms. The molecule has 214 valence electrons. The van der Waals surface area contributed by atoms with Crippen LogP contribution in [-0.4, -0.2) is 65.9 Å². The van der Waals surface area contributed by atoms with Gasteiger partial charge in [-0.25, -0.2) is 19.7 Å². The van der Waals surface area contributed by atoms with Crippen LogP contribution in [0.1, 0.15) is 59.6 Å². The van der Waals surface area contributed by atoms with Crippen molar-refractivity contribution >= 4 is 35.0 Å². The molecule has 3 aliphatic rings. The topological polar surface area (TPSA) is 148 Å². The summed E-state index contributed by atoms with van der Waals surface area (Å²) in [6.45, 7) is 3.78. The summed E-state index contributed by atoms with van der Waals surface area (Å²) in [5, 5.41) is 11.1. The van der Waals surface area contributed by atoms with Crippen LogP contribution in [0.2, 0.25) is 0 Å². The van der Waals surface area contributed by atoms with E-state index in [0.717, 1.165) is 29.0 Å². The maximum atomic E-state index is 12.9. The lowest BCUT2D eigenvalue weighted by atomic mass is 10.1. The molecule has 1 N–H and O–H groups in total. The lowest BCUT2D eigenvalue weighted by Gasteiger charge is -2.17. The number of amides is 4. The Labute approximate surface area is 240 Å². The quantitative estimate of drug-likeness (QED) is 0.317. The number of hydrogen-bond acceptors (Lipinski definition) is 9. The van der Waals surface area contributed by atoms with E-state index in [2.05, 4.69) is 25.5 Å². The molecule has 2 aliphatic carbocycles. The molecule has 13 heteroatoms. The number of hydrogen-bond donors (Lipinski definition) is 1. The Hall–Kier alpha value is -4.94. The lowest BCUT2D eigenvalue weighted by molar-refractivity contribution is -0.124. The average Bonchev–Trinajstić information content (AvgIpc) is 3.90. The summed E-state index contributed by atoms with van der Waals surface area (Å²) < 4.78 is 7.97. The maximum Gasteiger partial charge on any atom is 0.331 e. The molecule has 7 rings (SSSR count). The van der Waals surface area contributed by atoms with Crippen molar-refractivity contribution in [1.82, 2.24) is 34.4 Å². The second-order valence-corrected chi connectivity index (χ2v) is 11.2. The van der Waals surface area contributed by atoms with E-state index in [9.17, 15) is 14.4 Å². The highest BCUT2D eigenvalue weighted by molar-refractivity contribution is 6.13. The smallest absolute Gasteiger partial charge is 0.331 e. The van der Waals surface area contributed by atoms with Crippen LogP contribution in [0.3, 0.4) is 0 Å². The minimum atomic E-state index is -0.368. The maximum absolute atomic E-state index is 12.9. The SMILES string of the molecule is Cc1ccnc([C@H]2C[C@@H]2C(=O)Nc2cc(OCc3cn4cc(C5CC5)cc(N5CC(=O)N(C)C5=O)c4n3)c(C)nn2)n1. The molecule has 1 aliphatic heterocycles. The summed E-state index contributed by atoms with van der Waals surface area (Å²) in [5.41, 5.74) is 4.36. The third-order valence-electron chi connectivity index (χ3n) is 7.96. The van der Waals surface area contributed by atoms with Gasteiger partial charge < -0.3 is 14.5 Å². The van der Waals surface area contributed by atoms with Gasteiger partial charge in [-0.15, -0.1) is 10.2 Å². The van der Waals surface area contributed by atoms with Crippen LogP contribution in [0.25, 0.3) is 5.65 Å². The number of aromatic nitrogens is 6. The van der Waals surface area contributed by atoms with Crippen LogP contribution >= 0.6 is 0 Å². The van der Waals surface area contributed by atoms with Gasteiger partial charge in [0, 0.05) is 49.2 Å². The van der Waals surface area contributed by atoms with Crippen LogP contribution in [0, 0.1) is 19.8 Å². The van der Waals surface area contributed by atoms with Gasteiger partial charge in [-0.2, -0.15) is 0 Å². The number of aryl methyl sites for hydroxylation is 2. The fourth-order valence-corrected chi connectivity index (χ4v) is 5.28. The number of imidazole rings is 1. The van der Waals surface area contributed by atoms with Gasteiger partial charge in [0.15, 0.2) is 11.5 Å². The first kappa shape index (κ1) is 26.0. The highest BCUT2D eigenvalue weighted by Gasteiger charge is 2.46. The summed E-state index contributed by atoms with van der Waals surface area (Å²) >= 11 is 0. The van der Waals surface area contributed by atoms with Crippen molar-refractivity contribution < 1.29 is 19.1 Å². The van der Waals surface area contributed by atoms with E-state index in [1.807, 2.05) is 35.9 Å². The summed E-state index contributed by atoms with van der Waals surface area (Å²) in [6.07, 6.45) is 8.47. The summed E-state index contributed by atoms with van der Waals surface area (Å²) in [6, 6.07) is 5.08. The first-order chi connectivity index (χ1) is 20.2. The van der Waals surface area contributed by atoms with Crippen molar-refractivity contribution in [2.75, 3.05) is 23.8 Å². The van der Waals surface area contributed by atoms with E-state index in [-0.39, 0.29) is 42.8 Å². The summed E-state index contributed by atoms with van der Waals surface area (Å²) in [4.78, 5) is 54.0. The number of anilines is 2. The Morgan fingerprint density at radius 3 is 2.69 bits per heavy atom. The molecule has 0 bridgehead atoms. The largest absolute Gasteiger partial charge is 0.485 e. The van der Waals surface area contributed by atoms with Gasteiger partial charge >= 0.3 is 6.03 Å². The number of ether oxygens (including phenoxy) is 1. The Morgan fingerprint density at radius 2 is 1.95 bits per heavy atom. The van der Waals surface area contributed by atoms with Gasteiger partial charge in [-0.1, -0.05) is 0 Å². The number of carbonyl (C=O) groups is 3. The van der Waals surface area contributed by atoms with E-state index in [1.165, 1.54) is 11.9 Å². The van der Waals surface area contributed by atoms with E-state index < -0.39 is 0 Å². The summed E-state index contributed by atoms with van der Waals surface area (Å²) in [5.74, 6) is 1.25. The normalized spacial score (nSPS) is 20.0.